The molecule has 2 fully saturated rings. The molecule has 0 bridgehead atoms. The first kappa shape index (κ1) is 17.4. The van der Waals surface area contributed by atoms with Gasteiger partial charge in [0.25, 0.3) is 5.91 Å². The van der Waals surface area contributed by atoms with Gasteiger partial charge in [0.2, 0.25) is 10.0 Å². The summed E-state index contributed by atoms with van der Waals surface area (Å²) in [6.45, 7) is 1.18. The molecule has 0 aromatic heterocycles. The molecule has 1 saturated carbocycles. The van der Waals surface area contributed by atoms with E-state index < -0.39 is 10.0 Å². The van der Waals surface area contributed by atoms with Gasteiger partial charge in [-0.25, -0.2) is 8.42 Å². The van der Waals surface area contributed by atoms with E-state index >= 15 is 0 Å². The smallest absolute Gasteiger partial charge is 0.253 e. The maximum absolute atomic E-state index is 12.6. The number of benzene rings is 1. The van der Waals surface area contributed by atoms with Crippen molar-refractivity contribution in [2.45, 2.75) is 55.9 Å². The molecule has 5 nitrogen and oxygen atoms in total. The van der Waals surface area contributed by atoms with Gasteiger partial charge in [-0.2, -0.15) is 4.31 Å². The highest BCUT2D eigenvalue weighted by molar-refractivity contribution is 7.89. The Morgan fingerprint density at radius 2 is 1.58 bits per heavy atom. The van der Waals surface area contributed by atoms with Gasteiger partial charge in [0.15, 0.2) is 0 Å². The highest BCUT2D eigenvalue weighted by atomic mass is 32.2. The topological polar surface area (TPSA) is 57.7 Å². The second-order valence-corrected chi connectivity index (χ2v) is 8.78. The van der Waals surface area contributed by atoms with Crippen molar-refractivity contribution >= 4 is 15.9 Å². The van der Waals surface area contributed by atoms with E-state index in [0.717, 1.165) is 32.1 Å². The lowest BCUT2D eigenvalue weighted by Gasteiger charge is -2.26. The van der Waals surface area contributed by atoms with E-state index in [1.54, 1.807) is 33.5 Å². The molecule has 6 heteroatoms. The summed E-state index contributed by atoms with van der Waals surface area (Å²) in [5, 5.41) is 0. The van der Waals surface area contributed by atoms with E-state index in [0.29, 0.717) is 24.7 Å². The first-order valence-electron chi connectivity index (χ1n) is 8.87. The van der Waals surface area contributed by atoms with Crippen molar-refractivity contribution in [3.63, 3.8) is 0 Å². The summed E-state index contributed by atoms with van der Waals surface area (Å²) in [5.41, 5.74) is 0.557. The molecule has 0 atom stereocenters. The highest BCUT2D eigenvalue weighted by Gasteiger charge is 2.27. The highest BCUT2D eigenvalue weighted by Crippen LogP contribution is 2.25. The van der Waals surface area contributed by atoms with Crippen molar-refractivity contribution in [3.8, 4) is 0 Å². The zero-order valence-electron chi connectivity index (χ0n) is 14.3. The first-order chi connectivity index (χ1) is 11.5. The normalized spacial score (nSPS) is 20.2. The lowest BCUT2D eigenvalue weighted by atomic mass is 10.1. The molecule has 1 saturated heterocycles. The third kappa shape index (κ3) is 3.49. The summed E-state index contributed by atoms with van der Waals surface area (Å²) < 4.78 is 26.8. The second-order valence-electron chi connectivity index (χ2n) is 6.84. The number of hydrogen-bond donors (Lipinski definition) is 0. The fourth-order valence-corrected chi connectivity index (χ4v) is 5.20. The van der Waals surface area contributed by atoms with Crippen LogP contribution >= 0.6 is 0 Å². The Bertz CT molecular complexity index is 673. The van der Waals surface area contributed by atoms with Crippen LogP contribution in [-0.2, 0) is 10.0 Å². The van der Waals surface area contributed by atoms with Crippen LogP contribution in [0.5, 0.6) is 0 Å². The molecule has 1 aliphatic heterocycles. The molecule has 3 rings (SSSR count). The SMILES string of the molecule is CN(C(=O)c1ccc(S(=O)(=O)N2CCCCC2)cc1)C1CCCC1. The molecule has 0 spiro atoms. The molecule has 1 aliphatic carbocycles. The first-order valence-corrected chi connectivity index (χ1v) is 10.3. The Labute approximate surface area is 144 Å². The third-order valence-corrected chi connectivity index (χ3v) is 7.16. The van der Waals surface area contributed by atoms with Crippen molar-refractivity contribution in [1.29, 1.82) is 0 Å². The van der Waals surface area contributed by atoms with E-state index in [4.69, 9.17) is 0 Å². The third-order valence-electron chi connectivity index (χ3n) is 5.25. The minimum absolute atomic E-state index is 0.0242. The number of hydrogen-bond acceptors (Lipinski definition) is 3. The van der Waals surface area contributed by atoms with Gasteiger partial charge in [0.05, 0.1) is 4.90 Å². The number of sulfonamides is 1. The van der Waals surface area contributed by atoms with Crippen LogP contribution in [0.25, 0.3) is 0 Å². The van der Waals surface area contributed by atoms with Gasteiger partial charge in [-0.1, -0.05) is 19.3 Å². The lowest BCUT2D eigenvalue weighted by Crippen LogP contribution is -2.36. The van der Waals surface area contributed by atoms with Crippen LogP contribution in [-0.4, -0.2) is 49.7 Å². The molecular formula is C18H26N2O3S. The number of piperidine rings is 1. The number of rotatable bonds is 4. The molecule has 0 N–H and O–H groups in total. The largest absolute Gasteiger partial charge is 0.339 e. The van der Waals surface area contributed by atoms with E-state index in [-0.39, 0.29) is 10.8 Å². The van der Waals surface area contributed by atoms with E-state index in [2.05, 4.69) is 0 Å². The maximum atomic E-state index is 12.6. The monoisotopic (exact) mass is 350 g/mol. The van der Waals surface area contributed by atoms with Crippen molar-refractivity contribution < 1.29 is 13.2 Å². The maximum Gasteiger partial charge on any atom is 0.253 e. The molecule has 0 radical (unpaired) electrons. The van der Waals surface area contributed by atoms with Gasteiger partial charge in [-0.05, 0) is 49.9 Å². The van der Waals surface area contributed by atoms with Crippen molar-refractivity contribution in [2.75, 3.05) is 20.1 Å². The summed E-state index contributed by atoms with van der Waals surface area (Å²) in [4.78, 5) is 14.6. The molecular weight excluding hydrogens is 324 g/mol. The minimum Gasteiger partial charge on any atom is -0.339 e. The van der Waals surface area contributed by atoms with E-state index in [1.165, 1.54) is 12.8 Å². The molecule has 132 valence electrons. The summed E-state index contributed by atoms with van der Waals surface area (Å²) in [6, 6.07) is 6.74. The Morgan fingerprint density at radius 1 is 1.00 bits per heavy atom. The fourth-order valence-electron chi connectivity index (χ4n) is 3.68. The van der Waals surface area contributed by atoms with Crippen LogP contribution in [0.1, 0.15) is 55.3 Å². The lowest BCUT2D eigenvalue weighted by molar-refractivity contribution is 0.0735. The summed E-state index contributed by atoms with van der Waals surface area (Å²) in [5.74, 6) is -0.0242. The van der Waals surface area contributed by atoms with Crippen molar-refractivity contribution in [1.82, 2.24) is 9.21 Å². The van der Waals surface area contributed by atoms with Crippen molar-refractivity contribution in [2.24, 2.45) is 0 Å². The average molecular weight is 350 g/mol. The Balaban J connectivity index is 1.73. The Hall–Kier alpha value is -1.40. The van der Waals surface area contributed by atoms with Gasteiger partial charge < -0.3 is 4.90 Å². The summed E-state index contributed by atoms with van der Waals surface area (Å²) >= 11 is 0. The van der Waals surface area contributed by atoms with Crippen LogP contribution < -0.4 is 0 Å². The van der Waals surface area contributed by atoms with Crippen LogP contribution in [0.2, 0.25) is 0 Å². The zero-order valence-corrected chi connectivity index (χ0v) is 15.1. The predicted octanol–water partition coefficient (Wildman–Crippen LogP) is 2.88. The molecule has 1 amide bonds. The number of carbonyl (C=O) groups excluding carboxylic acids is 1. The van der Waals surface area contributed by atoms with Crippen LogP contribution in [0, 0.1) is 0 Å². The molecule has 0 unspecified atom stereocenters. The average Bonchev–Trinajstić information content (AvgIpc) is 3.16. The number of carbonyl (C=O) groups is 1. The van der Waals surface area contributed by atoms with Crippen LogP contribution in [0.3, 0.4) is 0 Å². The van der Waals surface area contributed by atoms with Crippen LogP contribution in [0.4, 0.5) is 0 Å². The Morgan fingerprint density at radius 3 is 2.17 bits per heavy atom. The van der Waals surface area contributed by atoms with Gasteiger partial charge in [0, 0.05) is 31.7 Å². The molecule has 1 aromatic carbocycles. The van der Waals surface area contributed by atoms with Crippen molar-refractivity contribution in [3.05, 3.63) is 29.8 Å². The second kappa shape index (κ2) is 7.23. The van der Waals surface area contributed by atoms with E-state index in [9.17, 15) is 13.2 Å². The quantitative estimate of drug-likeness (QED) is 0.839. The fraction of sp³-hybridized carbons (Fsp3) is 0.611. The standard InChI is InChI=1S/C18H26N2O3S/c1-19(16-7-3-4-8-16)18(21)15-9-11-17(12-10-15)24(22,23)20-13-5-2-6-14-20/h9-12,16H,2-8,13-14H2,1H3. The zero-order chi connectivity index (χ0) is 17.2. The minimum atomic E-state index is -3.43. The number of nitrogens with zero attached hydrogens (tertiary/aromatic N) is 2. The Kier molecular flexibility index (Phi) is 5.25. The summed E-state index contributed by atoms with van der Waals surface area (Å²) in [6.07, 6.45) is 7.40. The molecule has 2 aliphatic rings. The van der Waals surface area contributed by atoms with Gasteiger partial charge in [-0.3, -0.25) is 4.79 Å². The van der Waals surface area contributed by atoms with E-state index in [1.807, 2.05) is 7.05 Å². The van der Waals surface area contributed by atoms with Gasteiger partial charge in [-0.15, -0.1) is 0 Å². The van der Waals surface area contributed by atoms with Crippen LogP contribution in [0.15, 0.2) is 29.2 Å². The molecule has 1 heterocycles. The summed E-state index contributed by atoms with van der Waals surface area (Å²) in [7, 11) is -1.59. The predicted molar refractivity (Wildman–Crippen MR) is 93.4 cm³/mol. The van der Waals surface area contributed by atoms with Gasteiger partial charge in [0.1, 0.15) is 0 Å². The molecule has 1 aromatic rings. The van der Waals surface area contributed by atoms with Gasteiger partial charge >= 0.3 is 0 Å². The number of amides is 1. The molecule has 24 heavy (non-hydrogen) atoms.